The van der Waals surface area contributed by atoms with E-state index in [-0.39, 0.29) is 23.7 Å². The lowest BCUT2D eigenvalue weighted by Gasteiger charge is -2.32. The molecule has 2 aromatic carbocycles. The van der Waals surface area contributed by atoms with E-state index >= 15 is 0 Å². The van der Waals surface area contributed by atoms with Gasteiger partial charge in [0.25, 0.3) is 0 Å². The van der Waals surface area contributed by atoms with Crippen LogP contribution in [0, 0.1) is 11.8 Å². The summed E-state index contributed by atoms with van der Waals surface area (Å²) in [6, 6.07) is 17.8. The van der Waals surface area contributed by atoms with Crippen LogP contribution in [0.5, 0.6) is 0 Å². The number of carbonyl (C=O) groups excluding carboxylic acids is 2. The zero-order valence-electron chi connectivity index (χ0n) is 21.2. The Morgan fingerprint density at radius 3 is 2.29 bits per heavy atom. The highest BCUT2D eigenvalue weighted by molar-refractivity contribution is 6.05. The Labute approximate surface area is 208 Å². The summed E-state index contributed by atoms with van der Waals surface area (Å²) < 4.78 is 0. The number of amides is 2. The van der Waals surface area contributed by atoms with Gasteiger partial charge in [-0.3, -0.25) is 14.6 Å². The molecule has 1 saturated heterocycles. The Bertz CT molecular complexity index is 1050. The molecule has 7 nitrogen and oxygen atoms in total. The molecule has 2 aromatic rings. The van der Waals surface area contributed by atoms with E-state index in [9.17, 15) is 9.59 Å². The second-order valence-electron chi connectivity index (χ2n) is 9.36. The number of benzene rings is 2. The third kappa shape index (κ3) is 7.18. The first-order valence-electron chi connectivity index (χ1n) is 12.2. The Hall–Kier alpha value is -3.61. The largest absolute Gasteiger partial charge is 0.403 e. The van der Waals surface area contributed by atoms with E-state index in [1.54, 1.807) is 18.0 Å². The molecule has 7 heteroatoms. The van der Waals surface area contributed by atoms with Gasteiger partial charge in [0.05, 0.1) is 17.1 Å². The first-order chi connectivity index (χ1) is 16.8. The van der Waals surface area contributed by atoms with Crippen molar-refractivity contribution in [1.29, 1.82) is 0 Å². The van der Waals surface area contributed by atoms with Crippen LogP contribution in [-0.2, 0) is 16.1 Å². The lowest BCUT2D eigenvalue weighted by molar-refractivity contribution is -0.139. The summed E-state index contributed by atoms with van der Waals surface area (Å²) >= 11 is 0. The number of hydrogen-bond acceptors (Lipinski definition) is 5. The van der Waals surface area contributed by atoms with Crippen molar-refractivity contribution in [3.05, 3.63) is 72.1 Å². The number of para-hydroxylation sites is 1. The van der Waals surface area contributed by atoms with Crippen molar-refractivity contribution in [1.82, 2.24) is 9.80 Å². The predicted octanol–water partition coefficient (Wildman–Crippen LogP) is 4.54. The third-order valence-corrected chi connectivity index (χ3v) is 6.31. The molecule has 0 atom stereocenters. The molecule has 35 heavy (non-hydrogen) atoms. The third-order valence-electron chi connectivity index (χ3n) is 6.31. The standard InChI is InChI=1S/C28H37N5O2/c1-20(2)27(31-24-8-6-5-7-9-24)26(18-29)30-25-12-10-22(11-13-25)19-32(4)28(35)23-14-16-33(17-15-23)21(3)34/h5-13,18,20,23,30H,14-17,19,29H2,1-4H3/b26-18+,31-27?. The van der Waals surface area contributed by atoms with Crippen LogP contribution in [0.1, 0.15) is 39.2 Å². The van der Waals surface area contributed by atoms with Gasteiger partial charge in [0, 0.05) is 51.4 Å². The predicted molar refractivity (Wildman–Crippen MR) is 142 cm³/mol. The minimum atomic E-state index is -0.0212. The van der Waals surface area contributed by atoms with Crippen LogP contribution in [0.3, 0.4) is 0 Å². The number of piperidine rings is 1. The van der Waals surface area contributed by atoms with E-state index in [0.717, 1.165) is 41.2 Å². The van der Waals surface area contributed by atoms with Crippen molar-refractivity contribution in [2.75, 3.05) is 25.5 Å². The molecule has 0 saturated carbocycles. The molecule has 186 valence electrons. The first-order valence-corrected chi connectivity index (χ1v) is 12.2. The second-order valence-corrected chi connectivity index (χ2v) is 9.36. The van der Waals surface area contributed by atoms with Crippen molar-refractivity contribution in [2.45, 2.75) is 40.2 Å². The molecule has 0 radical (unpaired) electrons. The van der Waals surface area contributed by atoms with Crippen LogP contribution in [0.15, 0.2) is 71.5 Å². The van der Waals surface area contributed by atoms with Crippen LogP contribution in [0.25, 0.3) is 0 Å². The summed E-state index contributed by atoms with van der Waals surface area (Å²) in [6.07, 6.45) is 3.00. The Morgan fingerprint density at radius 2 is 1.74 bits per heavy atom. The number of nitrogens with one attached hydrogen (secondary N) is 1. The summed E-state index contributed by atoms with van der Waals surface area (Å²) in [7, 11) is 1.84. The van der Waals surface area contributed by atoms with E-state index in [1.807, 2.05) is 66.5 Å². The van der Waals surface area contributed by atoms with Gasteiger partial charge < -0.3 is 20.9 Å². The number of rotatable bonds is 8. The monoisotopic (exact) mass is 475 g/mol. The van der Waals surface area contributed by atoms with Gasteiger partial charge in [0.2, 0.25) is 11.8 Å². The maximum Gasteiger partial charge on any atom is 0.225 e. The SMILES string of the molecule is CC(=O)N1CCC(C(=O)N(C)Cc2ccc(N/C(=C/N)C(=Nc3ccccc3)C(C)C)cc2)CC1. The van der Waals surface area contributed by atoms with E-state index in [0.29, 0.717) is 19.6 Å². The van der Waals surface area contributed by atoms with E-state index in [4.69, 9.17) is 10.7 Å². The molecule has 3 N–H and O–H groups in total. The summed E-state index contributed by atoms with van der Waals surface area (Å²) in [6.45, 7) is 7.61. The highest BCUT2D eigenvalue weighted by Gasteiger charge is 2.28. The van der Waals surface area contributed by atoms with Gasteiger partial charge in [-0.15, -0.1) is 0 Å². The summed E-state index contributed by atoms with van der Waals surface area (Å²) in [5.74, 6) is 0.380. The van der Waals surface area contributed by atoms with Crippen LogP contribution >= 0.6 is 0 Å². The molecule has 0 aliphatic carbocycles. The first kappa shape index (κ1) is 26.0. The van der Waals surface area contributed by atoms with Crippen LogP contribution < -0.4 is 11.1 Å². The number of likely N-dealkylation sites (tertiary alicyclic amines) is 1. The van der Waals surface area contributed by atoms with Gasteiger partial charge in [0.1, 0.15) is 0 Å². The second kappa shape index (κ2) is 12.2. The molecule has 1 aliphatic heterocycles. The fraction of sp³-hybridized carbons (Fsp3) is 0.393. The van der Waals surface area contributed by atoms with Gasteiger partial charge in [-0.25, -0.2) is 0 Å². The van der Waals surface area contributed by atoms with Gasteiger partial charge in [-0.2, -0.15) is 0 Å². The molecular weight excluding hydrogens is 438 g/mol. The van der Waals surface area contributed by atoms with E-state index in [2.05, 4.69) is 19.2 Å². The normalized spacial score (nSPS) is 15.3. The topological polar surface area (TPSA) is 91.0 Å². The maximum atomic E-state index is 12.9. The minimum absolute atomic E-state index is 0.0212. The quantitative estimate of drug-likeness (QED) is 0.548. The van der Waals surface area contributed by atoms with Gasteiger partial charge in [-0.1, -0.05) is 44.2 Å². The Balaban J connectivity index is 1.61. The number of aliphatic imine (C=N–C) groups is 1. The lowest BCUT2D eigenvalue weighted by atomic mass is 9.95. The van der Waals surface area contributed by atoms with Crippen LogP contribution in [0.4, 0.5) is 11.4 Å². The summed E-state index contributed by atoms with van der Waals surface area (Å²) in [4.78, 5) is 32.8. The van der Waals surface area contributed by atoms with Crippen molar-refractivity contribution in [2.24, 2.45) is 22.6 Å². The van der Waals surface area contributed by atoms with E-state index in [1.165, 1.54) is 0 Å². The molecule has 1 aliphatic rings. The summed E-state index contributed by atoms with van der Waals surface area (Å²) in [5.41, 5.74) is 10.4. The zero-order valence-corrected chi connectivity index (χ0v) is 21.2. The van der Waals surface area contributed by atoms with Gasteiger partial charge in [0.15, 0.2) is 0 Å². The highest BCUT2D eigenvalue weighted by Crippen LogP contribution is 2.22. The van der Waals surface area contributed by atoms with Crippen molar-refractivity contribution >= 4 is 28.9 Å². The molecule has 1 heterocycles. The number of nitrogens with zero attached hydrogens (tertiary/aromatic N) is 3. The summed E-state index contributed by atoms with van der Waals surface area (Å²) in [5, 5.41) is 3.39. The smallest absolute Gasteiger partial charge is 0.225 e. The fourth-order valence-electron chi connectivity index (χ4n) is 4.29. The molecule has 0 bridgehead atoms. The highest BCUT2D eigenvalue weighted by atomic mass is 16.2. The number of hydrogen-bond donors (Lipinski definition) is 2. The number of nitrogens with two attached hydrogens (primary N) is 1. The molecule has 2 amide bonds. The molecule has 0 unspecified atom stereocenters. The van der Waals surface area contributed by atoms with Gasteiger partial charge in [-0.05, 0) is 48.6 Å². The average Bonchev–Trinajstić information content (AvgIpc) is 2.87. The van der Waals surface area contributed by atoms with E-state index < -0.39 is 0 Å². The fourth-order valence-corrected chi connectivity index (χ4v) is 4.29. The molecular formula is C28H37N5O2. The van der Waals surface area contributed by atoms with Crippen molar-refractivity contribution in [3.63, 3.8) is 0 Å². The number of carbonyl (C=O) groups is 2. The van der Waals surface area contributed by atoms with Crippen molar-refractivity contribution in [3.8, 4) is 0 Å². The molecule has 0 aromatic heterocycles. The molecule has 1 fully saturated rings. The lowest BCUT2D eigenvalue weighted by Crippen LogP contribution is -2.42. The Morgan fingerprint density at radius 1 is 1.11 bits per heavy atom. The van der Waals surface area contributed by atoms with Gasteiger partial charge >= 0.3 is 0 Å². The molecule has 3 rings (SSSR count). The van der Waals surface area contributed by atoms with Crippen molar-refractivity contribution < 1.29 is 9.59 Å². The van der Waals surface area contributed by atoms with Crippen LogP contribution in [-0.4, -0.2) is 47.5 Å². The minimum Gasteiger partial charge on any atom is -0.403 e. The number of allylic oxidation sites excluding steroid dienone is 1. The number of anilines is 1. The molecule has 0 spiro atoms. The Kier molecular flexibility index (Phi) is 9.06. The average molecular weight is 476 g/mol. The maximum absolute atomic E-state index is 12.9. The zero-order chi connectivity index (χ0) is 25.4. The van der Waals surface area contributed by atoms with Crippen LogP contribution in [0.2, 0.25) is 0 Å².